The van der Waals surface area contributed by atoms with Crippen LogP contribution in [0.25, 0.3) is 10.2 Å². The molecule has 3 rings (SSSR count). The van der Waals surface area contributed by atoms with Crippen molar-refractivity contribution in [3.05, 3.63) is 29.3 Å². The number of esters is 1. The molecule has 26 heavy (non-hydrogen) atoms. The molecular formula is C18H21N3O4S. The van der Waals surface area contributed by atoms with E-state index in [9.17, 15) is 14.4 Å². The zero-order chi connectivity index (χ0) is 18.5. The summed E-state index contributed by atoms with van der Waals surface area (Å²) in [6.45, 7) is 3.77. The van der Waals surface area contributed by atoms with Crippen molar-refractivity contribution < 1.29 is 19.1 Å². The number of carbonyl (C=O) groups is 3. The topological polar surface area (TPSA) is 79.8 Å². The predicted molar refractivity (Wildman–Crippen MR) is 97.5 cm³/mol. The molecule has 1 saturated heterocycles. The molecule has 2 aromatic rings. The number of nitrogens with zero attached hydrogens (tertiary/aromatic N) is 3. The molecule has 0 radical (unpaired) electrons. The minimum absolute atomic E-state index is 0.0236. The summed E-state index contributed by atoms with van der Waals surface area (Å²) in [5, 5.41) is 0.742. The van der Waals surface area contributed by atoms with Crippen LogP contribution >= 0.6 is 11.3 Å². The van der Waals surface area contributed by atoms with Crippen LogP contribution < -0.4 is 0 Å². The molecule has 0 N–H and O–H groups in total. The van der Waals surface area contributed by atoms with Gasteiger partial charge in [0.25, 0.3) is 0 Å². The quantitative estimate of drug-likeness (QED) is 0.745. The summed E-state index contributed by atoms with van der Waals surface area (Å²) in [7, 11) is 0. The lowest BCUT2D eigenvalue weighted by Gasteiger charge is -2.34. The summed E-state index contributed by atoms with van der Waals surface area (Å²) >= 11 is 1.49. The van der Waals surface area contributed by atoms with Crippen LogP contribution in [0.1, 0.15) is 24.8 Å². The second-order valence-corrected chi connectivity index (χ2v) is 7.24. The summed E-state index contributed by atoms with van der Waals surface area (Å²) in [4.78, 5) is 43.2. The highest BCUT2D eigenvalue weighted by Crippen LogP contribution is 2.22. The zero-order valence-electron chi connectivity index (χ0n) is 14.6. The average Bonchev–Trinajstić information content (AvgIpc) is 3.07. The Hall–Kier alpha value is -2.48. The van der Waals surface area contributed by atoms with E-state index in [1.807, 2.05) is 24.3 Å². The van der Waals surface area contributed by atoms with E-state index in [1.54, 1.807) is 9.80 Å². The van der Waals surface area contributed by atoms with Gasteiger partial charge in [-0.05, 0) is 12.1 Å². The maximum Gasteiger partial charge on any atom is 0.306 e. The van der Waals surface area contributed by atoms with Crippen LogP contribution in [0, 0.1) is 0 Å². The largest absolute Gasteiger partial charge is 0.458 e. The molecular weight excluding hydrogens is 354 g/mol. The Morgan fingerprint density at radius 2 is 1.77 bits per heavy atom. The number of rotatable bonds is 5. The van der Waals surface area contributed by atoms with Gasteiger partial charge < -0.3 is 14.5 Å². The van der Waals surface area contributed by atoms with Gasteiger partial charge in [0.1, 0.15) is 11.6 Å². The molecule has 1 aromatic heterocycles. The van der Waals surface area contributed by atoms with Crippen molar-refractivity contribution in [1.82, 2.24) is 14.8 Å². The molecule has 0 unspecified atom stereocenters. The van der Waals surface area contributed by atoms with Gasteiger partial charge in [0.2, 0.25) is 11.8 Å². The first kappa shape index (κ1) is 18.3. The molecule has 1 aromatic carbocycles. The third kappa shape index (κ3) is 4.57. The van der Waals surface area contributed by atoms with Crippen molar-refractivity contribution in [3.63, 3.8) is 0 Å². The molecule has 1 aliphatic rings. The Kier molecular flexibility index (Phi) is 5.82. The summed E-state index contributed by atoms with van der Waals surface area (Å²) in [6, 6.07) is 7.75. The fourth-order valence-electron chi connectivity index (χ4n) is 2.83. The number of hydrogen-bond acceptors (Lipinski definition) is 6. The van der Waals surface area contributed by atoms with Crippen molar-refractivity contribution in [1.29, 1.82) is 0 Å². The third-order valence-corrected chi connectivity index (χ3v) is 5.33. The SMILES string of the molecule is CC(=O)N1CCN(C(=O)CCC(=O)OCc2nc3ccccc3s2)CC1. The van der Waals surface area contributed by atoms with E-state index in [0.29, 0.717) is 26.2 Å². The van der Waals surface area contributed by atoms with Crippen molar-refractivity contribution in [3.8, 4) is 0 Å². The molecule has 8 heteroatoms. The second-order valence-electron chi connectivity index (χ2n) is 6.12. The Bertz CT molecular complexity index is 779. The maximum absolute atomic E-state index is 12.2. The summed E-state index contributed by atoms with van der Waals surface area (Å²) in [5.74, 6) is -0.458. The number of ether oxygens (including phenoxy) is 1. The molecule has 7 nitrogen and oxygen atoms in total. The monoisotopic (exact) mass is 375 g/mol. The molecule has 0 spiro atoms. The average molecular weight is 375 g/mol. The first-order valence-corrected chi connectivity index (χ1v) is 9.38. The van der Waals surface area contributed by atoms with Crippen LogP contribution in [0.15, 0.2) is 24.3 Å². The predicted octanol–water partition coefficient (Wildman–Crippen LogP) is 1.81. The number of thiazole rings is 1. The highest BCUT2D eigenvalue weighted by Gasteiger charge is 2.22. The van der Waals surface area contributed by atoms with E-state index >= 15 is 0 Å². The van der Waals surface area contributed by atoms with Crippen molar-refractivity contribution >= 4 is 39.3 Å². The van der Waals surface area contributed by atoms with E-state index < -0.39 is 5.97 Å². The van der Waals surface area contributed by atoms with Gasteiger partial charge in [-0.3, -0.25) is 14.4 Å². The maximum atomic E-state index is 12.2. The Balaban J connectivity index is 1.40. The first-order chi connectivity index (χ1) is 12.5. The van der Waals surface area contributed by atoms with Crippen molar-refractivity contribution in [2.45, 2.75) is 26.4 Å². The van der Waals surface area contributed by atoms with Crippen LogP contribution in [0.4, 0.5) is 0 Å². The molecule has 1 fully saturated rings. The normalized spacial score (nSPS) is 14.5. The minimum atomic E-state index is -0.403. The highest BCUT2D eigenvalue weighted by atomic mass is 32.1. The number of hydrogen-bond donors (Lipinski definition) is 0. The van der Waals surface area contributed by atoms with Crippen LogP contribution in [0.3, 0.4) is 0 Å². The van der Waals surface area contributed by atoms with Crippen LogP contribution in [-0.2, 0) is 25.7 Å². The molecule has 1 aliphatic heterocycles. The molecule has 0 saturated carbocycles. The number of carbonyl (C=O) groups excluding carboxylic acids is 3. The number of amides is 2. The molecule has 138 valence electrons. The molecule has 0 atom stereocenters. The Morgan fingerprint density at radius 1 is 1.08 bits per heavy atom. The van der Waals surface area contributed by atoms with E-state index in [2.05, 4.69) is 4.98 Å². The minimum Gasteiger partial charge on any atom is -0.458 e. The third-order valence-electron chi connectivity index (χ3n) is 4.32. The van der Waals surface area contributed by atoms with Gasteiger partial charge in [0.05, 0.1) is 16.6 Å². The second kappa shape index (κ2) is 8.27. The van der Waals surface area contributed by atoms with E-state index in [1.165, 1.54) is 18.3 Å². The van der Waals surface area contributed by atoms with E-state index in [0.717, 1.165) is 15.2 Å². The number of fused-ring (bicyclic) bond motifs is 1. The van der Waals surface area contributed by atoms with Gasteiger partial charge in [-0.2, -0.15) is 0 Å². The van der Waals surface area contributed by atoms with E-state index in [-0.39, 0.29) is 31.3 Å². The molecule has 2 amide bonds. The summed E-state index contributed by atoms with van der Waals surface area (Å²) in [6.07, 6.45) is 0.176. The van der Waals surface area contributed by atoms with Crippen LogP contribution in [0.2, 0.25) is 0 Å². The standard InChI is InChI=1S/C18H21N3O4S/c1-13(22)20-8-10-21(11-9-20)17(23)6-7-18(24)25-12-16-19-14-4-2-3-5-15(14)26-16/h2-5H,6-12H2,1H3. The number of benzene rings is 1. The highest BCUT2D eigenvalue weighted by molar-refractivity contribution is 7.18. The fraction of sp³-hybridized carbons (Fsp3) is 0.444. The molecule has 2 heterocycles. The number of aromatic nitrogens is 1. The number of para-hydroxylation sites is 1. The summed E-state index contributed by atoms with van der Waals surface area (Å²) in [5.41, 5.74) is 0.892. The first-order valence-electron chi connectivity index (χ1n) is 8.56. The van der Waals surface area contributed by atoms with Crippen molar-refractivity contribution in [2.24, 2.45) is 0 Å². The van der Waals surface area contributed by atoms with E-state index in [4.69, 9.17) is 4.74 Å². The van der Waals surface area contributed by atoms with Gasteiger partial charge >= 0.3 is 5.97 Å². The van der Waals surface area contributed by atoms with Crippen LogP contribution in [0.5, 0.6) is 0 Å². The zero-order valence-corrected chi connectivity index (χ0v) is 15.5. The van der Waals surface area contributed by atoms with Gasteiger partial charge in [-0.1, -0.05) is 12.1 Å². The molecule has 0 aliphatic carbocycles. The lowest BCUT2D eigenvalue weighted by molar-refractivity contribution is -0.147. The number of piperazine rings is 1. The molecule has 0 bridgehead atoms. The van der Waals surface area contributed by atoms with Crippen molar-refractivity contribution in [2.75, 3.05) is 26.2 Å². The van der Waals surface area contributed by atoms with Crippen LogP contribution in [-0.4, -0.2) is 58.7 Å². The summed E-state index contributed by atoms with van der Waals surface area (Å²) < 4.78 is 6.28. The fourth-order valence-corrected chi connectivity index (χ4v) is 3.71. The Labute approximate surface area is 155 Å². The van der Waals surface area contributed by atoms with Gasteiger partial charge in [0.15, 0.2) is 0 Å². The smallest absolute Gasteiger partial charge is 0.306 e. The lowest BCUT2D eigenvalue weighted by atomic mass is 10.2. The van der Waals surface area contributed by atoms with Gasteiger partial charge in [0, 0.05) is 39.5 Å². The van der Waals surface area contributed by atoms with Gasteiger partial charge in [-0.25, -0.2) is 4.98 Å². The Morgan fingerprint density at radius 3 is 2.46 bits per heavy atom. The lowest BCUT2D eigenvalue weighted by Crippen LogP contribution is -2.50. The van der Waals surface area contributed by atoms with Gasteiger partial charge in [-0.15, -0.1) is 11.3 Å².